The highest BCUT2D eigenvalue weighted by Crippen LogP contribution is 2.38. The molecule has 0 aliphatic carbocycles. The predicted molar refractivity (Wildman–Crippen MR) is 135 cm³/mol. The van der Waals surface area contributed by atoms with Gasteiger partial charge in [-0.05, 0) is 61.0 Å². The number of carbonyl (C=O) groups is 1. The Labute approximate surface area is 201 Å². The highest BCUT2D eigenvalue weighted by molar-refractivity contribution is 8.19. The van der Waals surface area contributed by atoms with Gasteiger partial charge in [-0.25, -0.2) is 0 Å². The van der Waals surface area contributed by atoms with E-state index in [0.717, 1.165) is 29.1 Å². The van der Waals surface area contributed by atoms with Crippen molar-refractivity contribution in [3.05, 3.63) is 64.0 Å². The molecule has 170 valence electrons. The Kier molecular flexibility index (Phi) is 7.41. The molecular formula is C24H24N4O3S2. The quantitative estimate of drug-likeness (QED) is 0.298. The second-order valence-electron chi connectivity index (χ2n) is 7.20. The number of aryl methyl sites for hydroxylation is 1. The molecule has 1 aromatic heterocycles. The van der Waals surface area contributed by atoms with Crippen LogP contribution in [-0.2, 0) is 4.79 Å². The average Bonchev–Trinajstić information content (AvgIpc) is 3.37. The van der Waals surface area contributed by atoms with E-state index >= 15 is 0 Å². The molecule has 2 heterocycles. The number of aliphatic imine (C=N–C) groups is 1. The molecule has 0 saturated carbocycles. The average molecular weight is 481 g/mol. The van der Waals surface area contributed by atoms with Crippen LogP contribution >= 0.6 is 23.1 Å². The van der Waals surface area contributed by atoms with E-state index in [1.807, 2.05) is 61.5 Å². The van der Waals surface area contributed by atoms with E-state index < -0.39 is 0 Å². The zero-order valence-electron chi connectivity index (χ0n) is 18.6. The van der Waals surface area contributed by atoms with Crippen LogP contribution < -0.4 is 14.4 Å². The van der Waals surface area contributed by atoms with Crippen molar-refractivity contribution < 1.29 is 14.3 Å². The lowest BCUT2D eigenvalue weighted by molar-refractivity contribution is -0.113. The summed E-state index contributed by atoms with van der Waals surface area (Å²) in [5.74, 6) is 1.18. The Bertz CT molecular complexity index is 1190. The van der Waals surface area contributed by atoms with Crippen LogP contribution in [0.1, 0.15) is 30.3 Å². The van der Waals surface area contributed by atoms with Gasteiger partial charge in [0, 0.05) is 0 Å². The number of rotatable bonds is 8. The van der Waals surface area contributed by atoms with E-state index in [-0.39, 0.29) is 5.91 Å². The highest BCUT2D eigenvalue weighted by Gasteiger charge is 2.35. The topological polar surface area (TPSA) is 76.9 Å². The summed E-state index contributed by atoms with van der Waals surface area (Å²) in [7, 11) is 1.61. The monoisotopic (exact) mass is 480 g/mol. The van der Waals surface area contributed by atoms with Crippen LogP contribution in [0.15, 0.2) is 58.4 Å². The van der Waals surface area contributed by atoms with Gasteiger partial charge >= 0.3 is 0 Å². The number of benzene rings is 2. The molecule has 1 aliphatic heterocycles. The first-order valence-corrected chi connectivity index (χ1v) is 12.2. The summed E-state index contributed by atoms with van der Waals surface area (Å²) in [5, 5.41) is 9.98. The molecule has 9 heteroatoms. The minimum Gasteiger partial charge on any atom is -0.493 e. The van der Waals surface area contributed by atoms with Gasteiger partial charge in [-0.2, -0.15) is 4.99 Å². The molecular weight excluding hydrogens is 456 g/mol. The Hall–Kier alpha value is -3.17. The van der Waals surface area contributed by atoms with E-state index in [0.29, 0.717) is 33.3 Å². The van der Waals surface area contributed by atoms with E-state index in [1.54, 1.807) is 12.0 Å². The number of amidine groups is 1. The van der Waals surface area contributed by atoms with Crippen LogP contribution in [0.2, 0.25) is 0 Å². The molecule has 0 unspecified atom stereocenters. The molecule has 1 amide bonds. The molecule has 1 aliphatic rings. The third-order valence-electron chi connectivity index (χ3n) is 4.77. The van der Waals surface area contributed by atoms with Crippen molar-refractivity contribution in [3.63, 3.8) is 0 Å². The fourth-order valence-electron chi connectivity index (χ4n) is 3.14. The van der Waals surface area contributed by atoms with Crippen molar-refractivity contribution in [1.82, 2.24) is 10.2 Å². The minimum atomic E-state index is -0.145. The van der Waals surface area contributed by atoms with Crippen LogP contribution in [-0.4, -0.2) is 35.0 Å². The lowest BCUT2D eigenvalue weighted by Crippen LogP contribution is -2.28. The Morgan fingerprint density at radius 2 is 1.94 bits per heavy atom. The van der Waals surface area contributed by atoms with Crippen LogP contribution in [0.25, 0.3) is 6.08 Å². The van der Waals surface area contributed by atoms with Crippen molar-refractivity contribution in [1.29, 1.82) is 0 Å². The molecule has 1 fully saturated rings. The maximum Gasteiger partial charge on any atom is 0.271 e. The number of thioether (sulfide) groups is 1. The number of methoxy groups -OCH3 is 1. The van der Waals surface area contributed by atoms with Crippen molar-refractivity contribution in [3.8, 4) is 11.5 Å². The third-order valence-corrected chi connectivity index (χ3v) is 6.47. The zero-order valence-corrected chi connectivity index (χ0v) is 20.3. The lowest BCUT2D eigenvalue weighted by atomic mass is 10.1. The van der Waals surface area contributed by atoms with Crippen molar-refractivity contribution in [2.45, 2.75) is 26.7 Å². The molecule has 0 bridgehead atoms. The van der Waals surface area contributed by atoms with Gasteiger partial charge in [0.05, 0.1) is 24.3 Å². The standard InChI is InChI=1S/C24H24N4O3S2/c1-4-5-13-31-19-12-11-17(14-20(19)30-3)15-21-22(29)28(18-9-7-6-8-10-18)24(33-21)25-23-27-26-16(2)32-23/h6-12,14-15H,4-5,13H2,1-3H3/b21-15-,25-24+. The number of ether oxygens (including phenoxy) is 2. The van der Waals surface area contributed by atoms with Gasteiger partial charge in [0.15, 0.2) is 16.7 Å². The predicted octanol–water partition coefficient (Wildman–Crippen LogP) is 5.84. The van der Waals surface area contributed by atoms with E-state index in [9.17, 15) is 4.79 Å². The number of amides is 1. The molecule has 2 aromatic carbocycles. The number of hydrogen-bond donors (Lipinski definition) is 0. The number of carbonyl (C=O) groups excluding carboxylic acids is 1. The summed E-state index contributed by atoms with van der Waals surface area (Å²) in [5.41, 5.74) is 1.59. The first-order valence-electron chi connectivity index (χ1n) is 10.6. The number of aromatic nitrogens is 2. The van der Waals surface area contributed by atoms with Crippen LogP contribution in [0, 0.1) is 6.92 Å². The van der Waals surface area contributed by atoms with Crippen molar-refractivity contribution >= 4 is 51.1 Å². The molecule has 0 radical (unpaired) electrons. The largest absolute Gasteiger partial charge is 0.493 e. The maximum atomic E-state index is 13.4. The minimum absolute atomic E-state index is 0.145. The third kappa shape index (κ3) is 5.43. The van der Waals surface area contributed by atoms with Gasteiger partial charge in [-0.3, -0.25) is 9.69 Å². The highest BCUT2D eigenvalue weighted by atomic mass is 32.2. The van der Waals surface area contributed by atoms with Gasteiger partial charge in [-0.15, -0.1) is 10.2 Å². The van der Waals surface area contributed by atoms with Gasteiger partial charge in [0.1, 0.15) is 5.01 Å². The Morgan fingerprint density at radius 3 is 2.64 bits per heavy atom. The number of para-hydroxylation sites is 1. The number of anilines is 1. The number of unbranched alkanes of at least 4 members (excludes halogenated alkanes) is 1. The summed E-state index contributed by atoms with van der Waals surface area (Å²) in [6, 6.07) is 15.1. The van der Waals surface area contributed by atoms with Crippen molar-refractivity contribution in [2.24, 2.45) is 4.99 Å². The summed E-state index contributed by atoms with van der Waals surface area (Å²) in [6.07, 6.45) is 3.88. The van der Waals surface area contributed by atoms with Crippen LogP contribution in [0.3, 0.4) is 0 Å². The summed E-state index contributed by atoms with van der Waals surface area (Å²) in [4.78, 5) is 20.2. The summed E-state index contributed by atoms with van der Waals surface area (Å²) >= 11 is 2.69. The van der Waals surface area contributed by atoms with Crippen LogP contribution in [0.5, 0.6) is 11.5 Å². The first kappa shape index (κ1) is 23.0. The van der Waals surface area contributed by atoms with Gasteiger partial charge in [0.25, 0.3) is 5.91 Å². The fraction of sp³-hybridized carbons (Fsp3) is 0.250. The molecule has 3 aromatic rings. The zero-order chi connectivity index (χ0) is 23.2. The van der Waals surface area contributed by atoms with E-state index in [2.05, 4.69) is 22.1 Å². The second-order valence-corrected chi connectivity index (χ2v) is 9.37. The van der Waals surface area contributed by atoms with E-state index in [4.69, 9.17) is 9.47 Å². The molecule has 1 saturated heterocycles. The smallest absolute Gasteiger partial charge is 0.271 e. The normalized spacial score (nSPS) is 16.1. The Balaban J connectivity index is 1.66. The first-order chi connectivity index (χ1) is 16.1. The van der Waals surface area contributed by atoms with Gasteiger partial charge in [-0.1, -0.05) is 48.9 Å². The fourth-order valence-corrected chi connectivity index (χ4v) is 4.74. The van der Waals surface area contributed by atoms with Crippen LogP contribution in [0.4, 0.5) is 10.8 Å². The SMILES string of the molecule is CCCCOc1ccc(/C=C2\S/C(=N/c3nnc(C)s3)N(c3ccccc3)C2=O)cc1OC. The van der Waals surface area contributed by atoms with Gasteiger partial charge in [0.2, 0.25) is 5.13 Å². The van der Waals surface area contributed by atoms with E-state index in [1.165, 1.54) is 23.1 Å². The molecule has 0 N–H and O–H groups in total. The molecule has 0 atom stereocenters. The molecule has 7 nitrogen and oxygen atoms in total. The van der Waals surface area contributed by atoms with Gasteiger partial charge < -0.3 is 9.47 Å². The van der Waals surface area contributed by atoms with Crippen molar-refractivity contribution in [2.75, 3.05) is 18.6 Å². The summed E-state index contributed by atoms with van der Waals surface area (Å²) in [6.45, 7) is 4.63. The molecule has 4 rings (SSSR count). The maximum absolute atomic E-state index is 13.4. The molecule has 33 heavy (non-hydrogen) atoms. The second kappa shape index (κ2) is 10.6. The molecule has 0 spiro atoms. The Morgan fingerprint density at radius 1 is 1.12 bits per heavy atom. The number of nitrogens with zero attached hydrogens (tertiary/aromatic N) is 4. The number of hydrogen-bond acceptors (Lipinski definition) is 8. The summed E-state index contributed by atoms with van der Waals surface area (Å²) < 4.78 is 11.3. The lowest BCUT2D eigenvalue weighted by Gasteiger charge is -2.14.